The van der Waals surface area contributed by atoms with Crippen LogP contribution < -0.4 is 11.2 Å². The molecule has 1 heterocycles. The molecule has 0 saturated carbocycles. The first kappa shape index (κ1) is 11.0. The highest BCUT2D eigenvalue weighted by Gasteiger charge is 2.09. The number of carbonyl (C=O) groups is 1. The molecule has 0 bridgehead atoms. The van der Waals surface area contributed by atoms with Crippen molar-refractivity contribution in [3.8, 4) is 0 Å². The third kappa shape index (κ3) is 1.77. The lowest BCUT2D eigenvalue weighted by atomic mass is 10.2. The molecule has 4 nitrogen and oxygen atoms in total. The number of aromatic nitrogens is 1. The summed E-state index contributed by atoms with van der Waals surface area (Å²) in [5.41, 5.74) is 5.12. The van der Waals surface area contributed by atoms with E-state index in [1.165, 1.54) is 12.1 Å². The maximum absolute atomic E-state index is 11.7. The maximum atomic E-state index is 11.7. The number of nitrogens with one attached hydrogen (secondary N) is 1. The van der Waals surface area contributed by atoms with Gasteiger partial charge in [0.25, 0.3) is 5.91 Å². The number of amides is 1. The summed E-state index contributed by atoms with van der Waals surface area (Å²) in [6.07, 6.45) is 0. The number of hydrogen-bond acceptors (Lipinski definition) is 2. The van der Waals surface area contributed by atoms with E-state index >= 15 is 0 Å². The fraction of sp³-hybridized carbons (Fsp3) is 0. The fourth-order valence-corrected chi connectivity index (χ4v) is 2.03. The molecule has 1 amide bonds. The van der Waals surface area contributed by atoms with E-state index in [0.29, 0.717) is 10.5 Å². The molecule has 2 rings (SSSR count). The number of benzene rings is 1. The van der Waals surface area contributed by atoms with Crippen molar-refractivity contribution in [1.82, 2.24) is 4.98 Å². The molecule has 0 fully saturated rings. The van der Waals surface area contributed by atoms with Crippen LogP contribution in [0.5, 0.6) is 0 Å². The molecule has 0 aliphatic heterocycles. The summed E-state index contributed by atoms with van der Waals surface area (Å²) in [5.74, 6) is -0.713. The summed E-state index contributed by atoms with van der Waals surface area (Å²) in [6, 6.07) is 4.09. The Morgan fingerprint density at radius 3 is 2.56 bits per heavy atom. The molecule has 82 valence electrons. The Morgan fingerprint density at radius 1 is 1.25 bits per heavy atom. The van der Waals surface area contributed by atoms with Crippen LogP contribution in [-0.2, 0) is 0 Å². The lowest BCUT2D eigenvalue weighted by molar-refractivity contribution is 0.0996. The summed E-state index contributed by atoms with van der Waals surface area (Å²) < 4.78 is 0. The second kappa shape index (κ2) is 3.81. The molecule has 0 aliphatic rings. The van der Waals surface area contributed by atoms with E-state index in [1.54, 1.807) is 0 Å². The van der Waals surface area contributed by atoms with Crippen LogP contribution in [0.25, 0.3) is 10.9 Å². The van der Waals surface area contributed by atoms with Crippen LogP contribution in [0.15, 0.2) is 23.0 Å². The van der Waals surface area contributed by atoms with Gasteiger partial charge in [-0.05, 0) is 12.1 Å². The highest BCUT2D eigenvalue weighted by Crippen LogP contribution is 2.24. The van der Waals surface area contributed by atoms with Crippen molar-refractivity contribution in [2.24, 2.45) is 5.73 Å². The highest BCUT2D eigenvalue weighted by molar-refractivity contribution is 6.38. The molecular weight excluding hydrogens is 251 g/mol. The predicted molar refractivity (Wildman–Crippen MR) is 63.1 cm³/mol. The zero-order valence-electron chi connectivity index (χ0n) is 7.88. The van der Waals surface area contributed by atoms with Gasteiger partial charge in [0, 0.05) is 11.1 Å². The minimum absolute atomic E-state index is 0.0239. The van der Waals surface area contributed by atoms with E-state index in [1.807, 2.05) is 0 Å². The van der Waals surface area contributed by atoms with Gasteiger partial charge in [-0.3, -0.25) is 9.59 Å². The quantitative estimate of drug-likeness (QED) is 0.818. The predicted octanol–water partition coefficient (Wildman–Crippen LogP) is 1.93. The Labute approximate surface area is 100.0 Å². The smallest absolute Gasteiger partial charge is 0.265 e. The van der Waals surface area contributed by atoms with E-state index < -0.39 is 5.91 Å². The van der Waals surface area contributed by atoms with Crippen molar-refractivity contribution in [3.63, 3.8) is 0 Å². The van der Waals surface area contributed by atoms with Gasteiger partial charge in [0.1, 0.15) is 5.69 Å². The van der Waals surface area contributed by atoms with Gasteiger partial charge in [0.15, 0.2) is 5.43 Å². The number of carbonyl (C=O) groups excluding carboxylic acids is 1. The zero-order chi connectivity index (χ0) is 11.9. The average Bonchev–Trinajstić information content (AvgIpc) is 2.15. The van der Waals surface area contributed by atoms with Crippen LogP contribution in [0.4, 0.5) is 0 Å². The van der Waals surface area contributed by atoms with Crippen LogP contribution in [0.2, 0.25) is 10.0 Å². The molecule has 0 spiro atoms. The third-order valence-corrected chi connectivity index (χ3v) is 2.63. The van der Waals surface area contributed by atoms with Crippen molar-refractivity contribution in [3.05, 3.63) is 44.2 Å². The normalized spacial score (nSPS) is 10.6. The van der Waals surface area contributed by atoms with Crippen LogP contribution in [-0.4, -0.2) is 10.9 Å². The molecular formula is C10H6Cl2N2O2. The first-order valence-corrected chi connectivity index (χ1v) is 5.06. The molecule has 0 saturated heterocycles. The van der Waals surface area contributed by atoms with Gasteiger partial charge in [-0.1, -0.05) is 23.2 Å². The summed E-state index contributed by atoms with van der Waals surface area (Å²) in [7, 11) is 0. The largest absolute Gasteiger partial charge is 0.364 e. The van der Waals surface area contributed by atoms with Crippen LogP contribution in [0.3, 0.4) is 0 Å². The summed E-state index contributed by atoms with van der Waals surface area (Å²) in [4.78, 5) is 25.3. The van der Waals surface area contributed by atoms with Crippen LogP contribution in [0, 0.1) is 0 Å². The number of rotatable bonds is 1. The molecule has 0 aliphatic carbocycles. The van der Waals surface area contributed by atoms with Gasteiger partial charge in [0.05, 0.1) is 15.9 Å². The molecule has 0 unspecified atom stereocenters. The van der Waals surface area contributed by atoms with E-state index in [0.717, 1.165) is 6.07 Å². The van der Waals surface area contributed by atoms with Gasteiger partial charge >= 0.3 is 0 Å². The Morgan fingerprint density at radius 2 is 1.94 bits per heavy atom. The average molecular weight is 257 g/mol. The Hall–Kier alpha value is -1.52. The number of nitrogens with two attached hydrogens (primary N) is 1. The van der Waals surface area contributed by atoms with Crippen molar-refractivity contribution in [2.75, 3.05) is 0 Å². The second-order valence-electron chi connectivity index (χ2n) is 3.22. The topological polar surface area (TPSA) is 76.0 Å². The minimum atomic E-state index is -0.713. The number of hydrogen-bond donors (Lipinski definition) is 2. The minimum Gasteiger partial charge on any atom is -0.364 e. The summed E-state index contributed by atoms with van der Waals surface area (Å²) in [5, 5.41) is 0.894. The molecule has 1 aromatic carbocycles. The third-order valence-electron chi connectivity index (χ3n) is 2.11. The number of aromatic amines is 1. The molecule has 1 aromatic heterocycles. The molecule has 6 heteroatoms. The first-order valence-electron chi connectivity index (χ1n) is 4.31. The van der Waals surface area contributed by atoms with E-state index in [4.69, 9.17) is 28.9 Å². The van der Waals surface area contributed by atoms with Crippen LogP contribution in [0.1, 0.15) is 10.5 Å². The molecule has 16 heavy (non-hydrogen) atoms. The monoisotopic (exact) mass is 256 g/mol. The van der Waals surface area contributed by atoms with Gasteiger partial charge < -0.3 is 10.7 Å². The number of halogens is 2. The Balaban J connectivity index is 2.93. The van der Waals surface area contributed by atoms with Gasteiger partial charge in [-0.15, -0.1) is 0 Å². The lowest BCUT2D eigenvalue weighted by Crippen LogP contribution is -2.17. The maximum Gasteiger partial charge on any atom is 0.265 e. The molecule has 0 radical (unpaired) electrons. The zero-order valence-corrected chi connectivity index (χ0v) is 9.39. The van der Waals surface area contributed by atoms with Crippen molar-refractivity contribution < 1.29 is 4.79 Å². The Kier molecular flexibility index (Phi) is 2.61. The van der Waals surface area contributed by atoms with Crippen molar-refractivity contribution in [1.29, 1.82) is 0 Å². The highest BCUT2D eigenvalue weighted by atomic mass is 35.5. The number of H-pyrrole nitrogens is 1. The number of primary amides is 1. The van der Waals surface area contributed by atoms with Crippen LogP contribution >= 0.6 is 23.2 Å². The number of pyridine rings is 1. The standard InChI is InChI=1S/C10H6Cl2N2O2/c11-4-1-5(12)9-6(2-4)14-7(10(13)16)3-8(9)15/h1-3H,(H2,13,16)(H,14,15). The first-order chi connectivity index (χ1) is 7.49. The van der Waals surface area contributed by atoms with E-state index in [-0.39, 0.29) is 21.5 Å². The van der Waals surface area contributed by atoms with Gasteiger partial charge in [0.2, 0.25) is 0 Å². The summed E-state index contributed by atoms with van der Waals surface area (Å²) >= 11 is 11.7. The SMILES string of the molecule is NC(=O)c1cc(=O)c2c(Cl)cc(Cl)cc2[nH]1. The van der Waals surface area contributed by atoms with Crippen molar-refractivity contribution in [2.45, 2.75) is 0 Å². The van der Waals surface area contributed by atoms with Gasteiger partial charge in [-0.25, -0.2) is 0 Å². The van der Waals surface area contributed by atoms with E-state index in [2.05, 4.69) is 4.98 Å². The number of fused-ring (bicyclic) bond motifs is 1. The van der Waals surface area contributed by atoms with E-state index in [9.17, 15) is 9.59 Å². The van der Waals surface area contributed by atoms with Gasteiger partial charge in [-0.2, -0.15) is 0 Å². The summed E-state index contributed by atoms with van der Waals surface area (Å²) in [6.45, 7) is 0. The second-order valence-corrected chi connectivity index (χ2v) is 4.07. The molecule has 3 N–H and O–H groups in total. The molecule has 2 aromatic rings. The lowest BCUT2D eigenvalue weighted by Gasteiger charge is -2.03. The van der Waals surface area contributed by atoms with Crippen molar-refractivity contribution >= 4 is 40.0 Å². The fourth-order valence-electron chi connectivity index (χ4n) is 1.44. The molecule has 0 atom stereocenters. The Bertz CT molecular complexity index is 649.